The van der Waals surface area contributed by atoms with Gasteiger partial charge in [-0.15, -0.1) is 0 Å². The minimum absolute atomic E-state index is 0.00858. The Labute approximate surface area is 139 Å². The zero-order valence-electron chi connectivity index (χ0n) is 13.0. The van der Waals surface area contributed by atoms with Crippen LogP contribution < -0.4 is 5.32 Å². The highest BCUT2D eigenvalue weighted by atomic mass is 32.1. The molecule has 23 heavy (non-hydrogen) atoms. The molecule has 3 rings (SSSR count). The molecule has 0 saturated carbocycles. The third kappa shape index (κ3) is 3.76. The lowest BCUT2D eigenvalue weighted by Crippen LogP contribution is -2.41. The average Bonchev–Trinajstić information content (AvgIpc) is 3.09. The maximum Gasteiger partial charge on any atom is 0.254 e. The van der Waals surface area contributed by atoms with Crippen LogP contribution in [0, 0.1) is 12.8 Å². The Morgan fingerprint density at radius 1 is 1.30 bits per heavy atom. The van der Waals surface area contributed by atoms with Crippen LogP contribution in [-0.2, 0) is 4.79 Å². The van der Waals surface area contributed by atoms with Crippen LogP contribution in [0.15, 0.2) is 35.2 Å². The summed E-state index contributed by atoms with van der Waals surface area (Å²) in [5.41, 5.74) is 1.80. The number of aromatic nitrogens is 1. The van der Waals surface area contributed by atoms with Gasteiger partial charge in [-0.1, -0.05) is 0 Å². The number of piperidine rings is 1. The fourth-order valence-corrected chi connectivity index (χ4v) is 3.38. The highest BCUT2D eigenvalue weighted by Gasteiger charge is 2.28. The van der Waals surface area contributed by atoms with E-state index in [1.165, 1.54) is 11.3 Å². The van der Waals surface area contributed by atoms with Gasteiger partial charge in [0.2, 0.25) is 5.91 Å². The first kappa shape index (κ1) is 15.7. The van der Waals surface area contributed by atoms with Crippen LogP contribution in [0.5, 0.6) is 0 Å². The van der Waals surface area contributed by atoms with E-state index in [-0.39, 0.29) is 17.7 Å². The topological polar surface area (TPSA) is 62.3 Å². The first-order chi connectivity index (χ1) is 11.1. The van der Waals surface area contributed by atoms with Gasteiger partial charge in [0, 0.05) is 30.6 Å². The lowest BCUT2D eigenvalue weighted by Gasteiger charge is -2.31. The molecular formula is C17H19N3O2S. The molecule has 5 nitrogen and oxygen atoms in total. The van der Waals surface area contributed by atoms with Crippen LogP contribution >= 0.6 is 11.3 Å². The monoisotopic (exact) mass is 329 g/mol. The summed E-state index contributed by atoms with van der Waals surface area (Å²) in [5, 5.41) is 6.64. The van der Waals surface area contributed by atoms with Gasteiger partial charge in [-0.2, -0.15) is 11.3 Å². The summed E-state index contributed by atoms with van der Waals surface area (Å²) in [7, 11) is 0. The van der Waals surface area contributed by atoms with Crippen molar-refractivity contribution in [3.8, 4) is 0 Å². The molecule has 0 atom stereocenters. The Balaban J connectivity index is 1.54. The smallest absolute Gasteiger partial charge is 0.254 e. The number of anilines is 1. The van der Waals surface area contributed by atoms with Crippen LogP contribution in [0.25, 0.3) is 0 Å². The number of carbonyl (C=O) groups excluding carboxylic acids is 2. The lowest BCUT2D eigenvalue weighted by molar-refractivity contribution is -0.121. The van der Waals surface area contributed by atoms with Gasteiger partial charge < -0.3 is 10.2 Å². The van der Waals surface area contributed by atoms with E-state index in [4.69, 9.17) is 0 Å². The van der Waals surface area contributed by atoms with Crippen LogP contribution in [0.4, 0.5) is 5.82 Å². The Hall–Kier alpha value is -2.21. The molecule has 0 spiro atoms. The number of amides is 2. The molecule has 2 aromatic rings. The summed E-state index contributed by atoms with van der Waals surface area (Å²) in [4.78, 5) is 30.6. The molecule has 0 bridgehead atoms. The van der Waals surface area contributed by atoms with Gasteiger partial charge >= 0.3 is 0 Å². The van der Waals surface area contributed by atoms with Gasteiger partial charge in [0.25, 0.3) is 5.91 Å². The molecule has 0 aromatic carbocycles. The number of nitrogens with one attached hydrogen (secondary N) is 1. The quantitative estimate of drug-likeness (QED) is 0.942. The number of thiophene rings is 1. The maximum atomic E-state index is 12.3. The molecule has 1 fully saturated rings. The fraction of sp³-hybridized carbons (Fsp3) is 0.353. The van der Waals surface area contributed by atoms with Crippen LogP contribution in [0.1, 0.15) is 28.8 Å². The minimum Gasteiger partial charge on any atom is -0.339 e. The molecule has 6 heteroatoms. The highest BCUT2D eigenvalue weighted by molar-refractivity contribution is 7.08. The second-order valence-electron chi connectivity index (χ2n) is 5.79. The molecule has 1 aliphatic heterocycles. The van der Waals surface area contributed by atoms with Crippen molar-refractivity contribution >= 4 is 29.0 Å². The standard InChI is InChI=1S/C17H19N3O2S/c1-12-2-6-18-15(10-12)19-16(21)13-3-7-20(8-4-13)17(22)14-5-9-23-11-14/h2,5-6,9-11,13H,3-4,7-8H2,1H3,(H,18,19,21). The van der Waals surface area contributed by atoms with Gasteiger partial charge in [-0.25, -0.2) is 4.98 Å². The number of rotatable bonds is 3. The van der Waals surface area contributed by atoms with Gasteiger partial charge in [-0.3, -0.25) is 9.59 Å². The van der Waals surface area contributed by atoms with Gasteiger partial charge in [0.05, 0.1) is 5.56 Å². The fourth-order valence-electron chi connectivity index (χ4n) is 2.75. The van der Waals surface area contributed by atoms with Crippen molar-refractivity contribution in [3.05, 3.63) is 46.3 Å². The van der Waals surface area contributed by atoms with Gasteiger partial charge in [0.1, 0.15) is 5.82 Å². The van der Waals surface area contributed by atoms with Crippen molar-refractivity contribution in [2.45, 2.75) is 19.8 Å². The Bertz CT molecular complexity index is 692. The summed E-state index contributed by atoms with van der Waals surface area (Å²) < 4.78 is 0. The average molecular weight is 329 g/mol. The van der Waals surface area contributed by atoms with E-state index in [0.29, 0.717) is 31.7 Å². The normalized spacial score (nSPS) is 15.4. The van der Waals surface area contributed by atoms with E-state index in [2.05, 4.69) is 10.3 Å². The zero-order chi connectivity index (χ0) is 16.2. The second-order valence-corrected chi connectivity index (χ2v) is 6.57. The lowest BCUT2D eigenvalue weighted by atomic mass is 9.95. The number of hydrogen-bond acceptors (Lipinski definition) is 4. The number of nitrogens with zero attached hydrogens (tertiary/aromatic N) is 2. The van der Waals surface area contributed by atoms with Crippen LogP contribution in [0.2, 0.25) is 0 Å². The number of likely N-dealkylation sites (tertiary alicyclic amines) is 1. The van der Waals surface area contributed by atoms with Crippen molar-refractivity contribution in [2.24, 2.45) is 5.92 Å². The third-order valence-electron chi connectivity index (χ3n) is 4.09. The van der Waals surface area contributed by atoms with E-state index in [0.717, 1.165) is 11.1 Å². The summed E-state index contributed by atoms with van der Waals surface area (Å²) in [5.74, 6) is 0.576. The molecule has 2 aromatic heterocycles. The summed E-state index contributed by atoms with van der Waals surface area (Å²) in [6, 6.07) is 5.59. The van der Waals surface area contributed by atoms with E-state index in [1.54, 1.807) is 6.20 Å². The Morgan fingerprint density at radius 2 is 2.09 bits per heavy atom. The van der Waals surface area contributed by atoms with Crippen LogP contribution in [-0.4, -0.2) is 34.8 Å². The van der Waals surface area contributed by atoms with Crippen molar-refractivity contribution in [2.75, 3.05) is 18.4 Å². The molecule has 2 amide bonds. The molecule has 1 aliphatic rings. The highest BCUT2D eigenvalue weighted by Crippen LogP contribution is 2.21. The molecule has 0 unspecified atom stereocenters. The van der Waals surface area contributed by atoms with Gasteiger partial charge in [-0.05, 0) is 48.9 Å². The van der Waals surface area contributed by atoms with Crippen molar-refractivity contribution in [1.29, 1.82) is 0 Å². The molecule has 0 aliphatic carbocycles. The SMILES string of the molecule is Cc1ccnc(NC(=O)C2CCN(C(=O)c3ccsc3)CC2)c1. The number of carbonyl (C=O) groups is 2. The molecule has 120 valence electrons. The van der Waals surface area contributed by atoms with E-state index in [1.807, 2.05) is 40.8 Å². The molecule has 1 saturated heterocycles. The number of hydrogen-bond donors (Lipinski definition) is 1. The van der Waals surface area contributed by atoms with E-state index < -0.39 is 0 Å². The summed E-state index contributed by atoms with van der Waals surface area (Å²) in [6.45, 7) is 3.20. The second kappa shape index (κ2) is 6.91. The Morgan fingerprint density at radius 3 is 2.74 bits per heavy atom. The molecular weight excluding hydrogens is 310 g/mol. The molecule has 3 heterocycles. The molecule has 1 N–H and O–H groups in total. The predicted octanol–water partition coefficient (Wildman–Crippen LogP) is 2.94. The van der Waals surface area contributed by atoms with E-state index in [9.17, 15) is 9.59 Å². The maximum absolute atomic E-state index is 12.3. The number of aryl methyl sites for hydroxylation is 1. The van der Waals surface area contributed by atoms with Crippen molar-refractivity contribution in [3.63, 3.8) is 0 Å². The first-order valence-electron chi connectivity index (χ1n) is 7.68. The largest absolute Gasteiger partial charge is 0.339 e. The Kier molecular flexibility index (Phi) is 4.71. The predicted molar refractivity (Wildman–Crippen MR) is 90.6 cm³/mol. The third-order valence-corrected chi connectivity index (χ3v) is 4.77. The van der Waals surface area contributed by atoms with Crippen molar-refractivity contribution < 1.29 is 9.59 Å². The summed E-state index contributed by atoms with van der Waals surface area (Å²) >= 11 is 1.52. The first-order valence-corrected chi connectivity index (χ1v) is 8.63. The van der Waals surface area contributed by atoms with E-state index >= 15 is 0 Å². The van der Waals surface area contributed by atoms with Crippen LogP contribution in [0.3, 0.4) is 0 Å². The minimum atomic E-state index is -0.0659. The summed E-state index contributed by atoms with van der Waals surface area (Å²) in [6.07, 6.45) is 3.06. The van der Waals surface area contributed by atoms with Gasteiger partial charge in [0.15, 0.2) is 0 Å². The van der Waals surface area contributed by atoms with Crippen molar-refractivity contribution in [1.82, 2.24) is 9.88 Å². The zero-order valence-corrected chi connectivity index (χ0v) is 13.8. The molecule has 0 radical (unpaired) electrons. The number of pyridine rings is 1.